The average Bonchev–Trinajstić information content (AvgIpc) is 3.26. The van der Waals surface area contributed by atoms with Gasteiger partial charge in [0, 0.05) is 25.8 Å². The van der Waals surface area contributed by atoms with Crippen LogP contribution in [0, 0.1) is 17.3 Å². The first-order chi connectivity index (χ1) is 16.4. The number of amides is 1. The summed E-state index contributed by atoms with van der Waals surface area (Å²) in [5.74, 6) is -1.50. The number of likely N-dealkylation sites (tertiary alicyclic amines) is 1. The van der Waals surface area contributed by atoms with Crippen molar-refractivity contribution >= 4 is 17.7 Å². The summed E-state index contributed by atoms with van der Waals surface area (Å²) < 4.78 is 5.80. The number of hydrogen-bond acceptors (Lipinski definition) is 6. The Morgan fingerprint density at radius 3 is 2.46 bits per heavy atom. The van der Waals surface area contributed by atoms with Gasteiger partial charge < -0.3 is 19.8 Å². The van der Waals surface area contributed by atoms with Crippen molar-refractivity contribution in [3.05, 3.63) is 23.8 Å². The Hall–Kier alpha value is -1.99. The number of carbonyl (C=O) groups excluding carboxylic acids is 3. The van der Waals surface area contributed by atoms with Gasteiger partial charge >= 0.3 is 5.97 Å². The van der Waals surface area contributed by atoms with E-state index in [2.05, 4.69) is 6.08 Å². The van der Waals surface area contributed by atoms with E-state index < -0.39 is 35.6 Å². The molecule has 7 nitrogen and oxygen atoms in total. The Kier molecular flexibility index (Phi) is 10.7. The van der Waals surface area contributed by atoms with Crippen molar-refractivity contribution in [2.24, 2.45) is 17.3 Å². The van der Waals surface area contributed by atoms with E-state index in [1.54, 1.807) is 27.7 Å². The number of aliphatic hydroxyl groups excluding tert-OH is 2. The first kappa shape index (κ1) is 29.2. The highest BCUT2D eigenvalue weighted by Crippen LogP contribution is 2.32. The molecule has 0 bridgehead atoms. The molecule has 2 heterocycles. The molecule has 1 amide bonds. The second-order valence-electron chi connectivity index (χ2n) is 11.0. The number of rotatable bonds is 2. The van der Waals surface area contributed by atoms with Crippen molar-refractivity contribution in [2.75, 3.05) is 6.54 Å². The van der Waals surface area contributed by atoms with Gasteiger partial charge in [-0.3, -0.25) is 14.4 Å². The van der Waals surface area contributed by atoms with Gasteiger partial charge in [0.25, 0.3) is 0 Å². The molecule has 1 unspecified atom stereocenters. The van der Waals surface area contributed by atoms with Crippen LogP contribution >= 0.6 is 0 Å². The lowest BCUT2D eigenvalue weighted by Gasteiger charge is -2.34. The molecule has 2 aliphatic rings. The summed E-state index contributed by atoms with van der Waals surface area (Å²) in [5.41, 5.74) is -0.333. The highest BCUT2D eigenvalue weighted by atomic mass is 16.5. The fourth-order valence-electron chi connectivity index (χ4n) is 5.18. The lowest BCUT2D eigenvalue weighted by molar-refractivity contribution is -0.154. The van der Waals surface area contributed by atoms with Gasteiger partial charge in [0.05, 0.1) is 30.1 Å². The SMILES string of the molecule is CC(=O)N1CCCC1/C=C(\C)[C@@H]1C/C=C\CCC[C@H](C)[C@H](O)[C@@H](C)C(=O)C(C)(C)[C@@H](O)CC(=O)O1. The van der Waals surface area contributed by atoms with Crippen molar-refractivity contribution < 1.29 is 29.3 Å². The lowest BCUT2D eigenvalue weighted by atomic mass is 9.73. The van der Waals surface area contributed by atoms with Gasteiger partial charge in [-0.15, -0.1) is 0 Å². The van der Waals surface area contributed by atoms with Gasteiger partial charge in [-0.2, -0.15) is 0 Å². The molecule has 35 heavy (non-hydrogen) atoms. The van der Waals surface area contributed by atoms with Crippen molar-refractivity contribution in [1.29, 1.82) is 0 Å². The number of hydrogen-bond donors (Lipinski definition) is 2. The Balaban J connectivity index is 2.26. The number of ketones is 1. The third kappa shape index (κ3) is 7.74. The maximum absolute atomic E-state index is 13.2. The van der Waals surface area contributed by atoms with Gasteiger partial charge in [0.15, 0.2) is 0 Å². The third-order valence-corrected chi connectivity index (χ3v) is 7.82. The number of Topliss-reactive ketones (excluding diaryl/α,β-unsaturated/α-hetero) is 1. The van der Waals surface area contributed by atoms with Crippen LogP contribution in [0.15, 0.2) is 23.8 Å². The molecule has 7 heteroatoms. The van der Waals surface area contributed by atoms with Gasteiger partial charge in [0.1, 0.15) is 11.9 Å². The highest BCUT2D eigenvalue weighted by molar-refractivity contribution is 5.88. The van der Waals surface area contributed by atoms with Crippen LogP contribution in [-0.2, 0) is 19.1 Å². The van der Waals surface area contributed by atoms with E-state index in [1.807, 2.05) is 30.9 Å². The van der Waals surface area contributed by atoms with E-state index in [9.17, 15) is 24.6 Å². The molecule has 0 aromatic rings. The molecule has 0 aromatic heterocycles. The molecule has 1 saturated heterocycles. The second kappa shape index (κ2) is 12.8. The minimum absolute atomic E-state index is 0.00733. The summed E-state index contributed by atoms with van der Waals surface area (Å²) in [6.07, 6.45) is 8.03. The van der Waals surface area contributed by atoms with Gasteiger partial charge in [-0.25, -0.2) is 0 Å². The molecular formula is C28H45NO6. The van der Waals surface area contributed by atoms with Crippen molar-refractivity contribution in [3.63, 3.8) is 0 Å². The summed E-state index contributed by atoms with van der Waals surface area (Å²) >= 11 is 0. The van der Waals surface area contributed by atoms with Gasteiger partial charge in [-0.1, -0.05) is 45.9 Å². The van der Waals surface area contributed by atoms with E-state index in [0.29, 0.717) is 6.42 Å². The fourth-order valence-corrected chi connectivity index (χ4v) is 5.18. The summed E-state index contributed by atoms with van der Waals surface area (Å²) in [7, 11) is 0. The largest absolute Gasteiger partial charge is 0.457 e. The zero-order valence-corrected chi connectivity index (χ0v) is 22.3. The van der Waals surface area contributed by atoms with E-state index in [4.69, 9.17) is 4.74 Å². The van der Waals surface area contributed by atoms with Crippen LogP contribution in [0.1, 0.15) is 86.5 Å². The molecule has 198 valence electrons. The molecule has 0 aromatic carbocycles. The summed E-state index contributed by atoms with van der Waals surface area (Å²) in [6, 6.07) is -0.00733. The molecule has 0 spiro atoms. The number of esters is 1. The summed E-state index contributed by atoms with van der Waals surface area (Å²) in [4.78, 5) is 39.8. The predicted molar refractivity (Wildman–Crippen MR) is 135 cm³/mol. The van der Waals surface area contributed by atoms with Crippen LogP contribution in [-0.4, -0.2) is 63.7 Å². The fraction of sp³-hybridized carbons (Fsp3) is 0.750. The third-order valence-electron chi connectivity index (χ3n) is 7.82. The Morgan fingerprint density at radius 1 is 1.11 bits per heavy atom. The van der Waals surface area contributed by atoms with Crippen LogP contribution in [0.3, 0.4) is 0 Å². The Bertz CT molecular complexity index is 816. The molecule has 2 rings (SSSR count). The number of ether oxygens (including phenoxy) is 1. The summed E-state index contributed by atoms with van der Waals surface area (Å²) in [6.45, 7) is 11.1. The normalized spacial score (nSPS) is 35.0. The topological polar surface area (TPSA) is 104 Å². The van der Waals surface area contributed by atoms with Crippen LogP contribution in [0.2, 0.25) is 0 Å². The molecule has 2 N–H and O–H groups in total. The number of allylic oxidation sites excluding steroid dienone is 1. The zero-order chi connectivity index (χ0) is 26.3. The molecule has 2 aliphatic heterocycles. The van der Waals surface area contributed by atoms with Crippen molar-refractivity contribution in [3.8, 4) is 0 Å². The monoisotopic (exact) mass is 491 g/mol. The minimum atomic E-state index is -1.23. The quantitative estimate of drug-likeness (QED) is 0.448. The molecule has 0 saturated carbocycles. The van der Waals surface area contributed by atoms with Crippen molar-refractivity contribution in [1.82, 2.24) is 4.90 Å². The van der Waals surface area contributed by atoms with E-state index in [-0.39, 0.29) is 30.1 Å². The summed E-state index contributed by atoms with van der Waals surface area (Å²) in [5, 5.41) is 21.6. The van der Waals surface area contributed by atoms with Gasteiger partial charge in [-0.05, 0) is 50.5 Å². The Morgan fingerprint density at radius 2 is 1.80 bits per heavy atom. The van der Waals surface area contributed by atoms with Gasteiger partial charge in [0.2, 0.25) is 5.91 Å². The zero-order valence-electron chi connectivity index (χ0n) is 22.3. The van der Waals surface area contributed by atoms with E-state index in [0.717, 1.165) is 44.2 Å². The smallest absolute Gasteiger partial charge is 0.309 e. The Labute approximate surface area is 210 Å². The lowest BCUT2D eigenvalue weighted by Crippen LogP contribution is -2.45. The van der Waals surface area contributed by atoms with Crippen LogP contribution in [0.5, 0.6) is 0 Å². The van der Waals surface area contributed by atoms with Crippen molar-refractivity contribution in [2.45, 2.75) is 111 Å². The number of nitrogens with zero attached hydrogens (tertiary/aromatic N) is 1. The molecule has 6 atom stereocenters. The minimum Gasteiger partial charge on any atom is -0.457 e. The average molecular weight is 492 g/mol. The number of aliphatic hydroxyl groups is 2. The maximum atomic E-state index is 13.2. The number of carbonyl (C=O) groups is 3. The molecule has 1 fully saturated rings. The van der Waals surface area contributed by atoms with Crippen LogP contribution in [0.25, 0.3) is 0 Å². The first-order valence-electron chi connectivity index (χ1n) is 13.1. The molecular weight excluding hydrogens is 446 g/mol. The maximum Gasteiger partial charge on any atom is 0.309 e. The predicted octanol–water partition coefficient (Wildman–Crippen LogP) is 3.97. The first-order valence-corrected chi connectivity index (χ1v) is 13.1. The van der Waals surface area contributed by atoms with Crippen LogP contribution in [0.4, 0.5) is 0 Å². The standard InChI is InChI=1S/C28H45NO6/c1-18-12-9-7-8-10-14-23(19(2)16-22-13-11-15-29(22)21(4)30)35-25(32)17-24(31)28(5,6)27(34)20(3)26(18)33/h8,10,16,18,20,22-24,26,31,33H,7,9,11-15,17H2,1-6H3/b10-8-,19-16+/t18-,20+,22?,23-,24-,26-/m0/s1. The molecule has 0 aliphatic carbocycles. The molecule has 0 radical (unpaired) electrons. The second-order valence-corrected chi connectivity index (χ2v) is 11.0. The van der Waals surface area contributed by atoms with Crippen LogP contribution < -0.4 is 0 Å². The van der Waals surface area contributed by atoms with E-state index >= 15 is 0 Å². The van der Waals surface area contributed by atoms with E-state index in [1.165, 1.54) is 0 Å². The number of cyclic esters (lactones) is 1. The highest BCUT2D eigenvalue weighted by Gasteiger charge is 2.42.